The molecule has 1 heterocycles. The van der Waals surface area contributed by atoms with E-state index in [9.17, 15) is 14.4 Å². The van der Waals surface area contributed by atoms with Crippen molar-refractivity contribution in [2.45, 2.75) is 20.3 Å². The third kappa shape index (κ3) is 5.49. The van der Waals surface area contributed by atoms with Crippen LogP contribution < -0.4 is 10.1 Å². The summed E-state index contributed by atoms with van der Waals surface area (Å²) in [4.78, 5) is 38.9. The summed E-state index contributed by atoms with van der Waals surface area (Å²) in [6.45, 7) is 3.85. The van der Waals surface area contributed by atoms with E-state index in [1.807, 2.05) is 78.2 Å². The van der Waals surface area contributed by atoms with Gasteiger partial charge in [-0.1, -0.05) is 60.7 Å². The molecule has 0 saturated heterocycles. The van der Waals surface area contributed by atoms with Crippen LogP contribution in [0.4, 0.5) is 5.69 Å². The van der Waals surface area contributed by atoms with E-state index in [1.54, 1.807) is 43.3 Å². The fourth-order valence-corrected chi connectivity index (χ4v) is 4.74. The highest BCUT2D eigenvalue weighted by atomic mass is 16.5. The molecular formula is C33H28N2O5. The number of aromatic nitrogens is 1. The van der Waals surface area contributed by atoms with Crippen LogP contribution in [0.2, 0.25) is 0 Å². The smallest absolute Gasteiger partial charge is 0.345 e. The summed E-state index contributed by atoms with van der Waals surface area (Å²) in [6.07, 6.45) is 0.176. The molecule has 1 amide bonds. The van der Waals surface area contributed by atoms with Crippen molar-refractivity contribution in [1.29, 1.82) is 0 Å². The van der Waals surface area contributed by atoms with Crippen molar-refractivity contribution in [2.24, 2.45) is 0 Å². The number of esters is 2. The third-order valence-corrected chi connectivity index (χ3v) is 6.51. The minimum atomic E-state index is -0.633. The molecule has 0 fully saturated rings. The fourth-order valence-electron chi connectivity index (χ4n) is 4.74. The summed E-state index contributed by atoms with van der Waals surface area (Å²) in [6, 6.07) is 30.9. The number of rotatable bonds is 8. The van der Waals surface area contributed by atoms with Crippen LogP contribution in [-0.2, 0) is 16.0 Å². The van der Waals surface area contributed by atoms with Crippen molar-refractivity contribution in [2.75, 3.05) is 11.9 Å². The Morgan fingerprint density at radius 3 is 2.20 bits per heavy atom. The van der Waals surface area contributed by atoms with Gasteiger partial charge in [-0.15, -0.1) is 0 Å². The maximum absolute atomic E-state index is 13.3. The highest BCUT2D eigenvalue weighted by molar-refractivity contribution is 6.07. The van der Waals surface area contributed by atoms with Crippen molar-refractivity contribution in [3.63, 3.8) is 0 Å². The van der Waals surface area contributed by atoms with Gasteiger partial charge in [0.2, 0.25) is 5.91 Å². The zero-order chi connectivity index (χ0) is 28.1. The number of benzene rings is 4. The van der Waals surface area contributed by atoms with E-state index >= 15 is 0 Å². The van der Waals surface area contributed by atoms with Crippen molar-refractivity contribution in [1.82, 2.24) is 4.57 Å². The monoisotopic (exact) mass is 532 g/mol. The number of para-hydroxylation sites is 2. The number of nitrogens with zero attached hydrogens (tertiary/aromatic N) is 1. The van der Waals surface area contributed by atoms with E-state index in [-0.39, 0.29) is 30.2 Å². The van der Waals surface area contributed by atoms with Crippen molar-refractivity contribution in [3.8, 4) is 11.4 Å². The molecule has 0 aliphatic rings. The first-order valence-electron chi connectivity index (χ1n) is 13.0. The van der Waals surface area contributed by atoms with Crippen molar-refractivity contribution in [3.05, 3.63) is 126 Å². The second-order valence-corrected chi connectivity index (χ2v) is 9.18. The van der Waals surface area contributed by atoms with Crippen LogP contribution in [-0.4, -0.2) is 29.0 Å². The minimum absolute atomic E-state index is 0.176. The lowest BCUT2D eigenvalue weighted by Gasteiger charge is -2.11. The second-order valence-electron chi connectivity index (χ2n) is 9.18. The van der Waals surface area contributed by atoms with Crippen LogP contribution in [0.1, 0.15) is 38.9 Å². The molecular weight excluding hydrogens is 504 g/mol. The predicted molar refractivity (Wildman–Crippen MR) is 154 cm³/mol. The molecule has 200 valence electrons. The van der Waals surface area contributed by atoms with Gasteiger partial charge in [0, 0.05) is 16.8 Å². The highest BCUT2D eigenvalue weighted by Crippen LogP contribution is 2.33. The number of ether oxygens (including phenoxy) is 2. The van der Waals surface area contributed by atoms with Crippen LogP contribution in [0.15, 0.2) is 103 Å². The Morgan fingerprint density at radius 2 is 1.48 bits per heavy atom. The van der Waals surface area contributed by atoms with Crippen LogP contribution >= 0.6 is 0 Å². The van der Waals surface area contributed by atoms with E-state index in [0.29, 0.717) is 16.6 Å². The first-order valence-corrected chi connectivity index (χ1v) is 13.0. The van der Waals surface area contributed by atoms with E-state index in [2.05, 4.69) is 5.32 Å². The molecule has 0 aliphatic carbocycles. The van der Waals surface area contributed by atoms with Gasteiger partial charge in [0.25, 0.3) is 0 Å². The molecule has 1 aromatic heterocycles. The van der Waals surface area contributed by atoms with Gasteiger partial charge in [-0.2, -0.15) is 0 Å². The zero-order valence-electron chi connectivity index (χ0n) is 22.2. The third-order valence-electron chi connectivity index (χ3n) is 6.51. The molecule has 0 radical (unpaired) electrons. The molecule has 5 rings (SSSR count). The molecule has 0 unspecified atom stereocenters. The van der Waals surface area contributed by atoms with E-state index < -0.39 is 11.9 Å². The average molecular weight is 533 g/mol. The number of hydrogen-bond donors (Lipinski definition) is 1. The van der Waals surface area contributed by atoms with Crippen LogP contribution in [0.25, 0.3) is 16.6 Å². The Bertz CT molecular complexity index is 1690. The molecule has 0 spiro atoms. The van der Waals surface area contributed by atoms with Gasteiger partial charge < -0.3 is 19.4 Å². The van der Waals surface area contributed by atoms with Gasteiger partial charge in [0.1, 0.15) is 5.75 Å². The van der Waals surface area contributed by atoms with Crippen molar-refractivity contribution < 1.29 is 23.9 Å². The van der Waals surface area contributed by atoms with Gasteiger partial charge in [-0.25, -0.2) is 9.59 Å². The Hall–Kier alpha value is -5.17. The van der Waals surface area contributed by atoms with Crippen LogP contribution in [0.3, 0.4) is 0 Å². The maximum Gasteiger partial charge on any atom is 0.345 e. The lowest BCUT2D eigenvalue weighted by atomic mass is 10.1. The first kappa shape index (κ1) is 26.4. The Morgan fingerprint density at radius 1 is 0.800 bits per heavy atom. The summed E-state index contributed by atoms with van der Waals surface area (Å²) in [7, 11) is 0. The molecule has 1 N–H and O–H groups in total. The van der Waals surface area contributed by atoms with Gasteiger partial charge in [0.05, 0.1) is 35.4 Å². The normalized spacial score (nSPS) is 10.8. The SMILES string of the molecule is CCOC(=O)c1c(C)n(-c2ccccc2)c2ccc(OC(=O)c3ccccc3NC(=O)Cc3ccccc3)cc12. The van der Waals surface area contributed by atoms with E-state index in [4.69, 9.17) is 9.47 Å². The molecule has 5 aromatic rings. The van der Waals surface area contributed by atoms with Gasteiger partial charge in [-0.3, -0.25) is 4.79 Å². The molecule has 7 heteroatoms. The quantitative estimate of drug-likeness (QED) is 0.182. The summed E-state index contributed by atoms with van der Waals surface area (Å²) in [5.74, 6) is -1.06. The summed E-state index contributed by atoms with van der Waals surface area (Å²) in [5, 5.41) is 3.42. The topological polar surface area (TPSA) is 86.6 Å². The molecule has 4 aromatic carbocycles. The summed E-state index contributed by atoms with van der Waals surface area (Å²) < 4.78 is 13.1. The molecule has 0 aliphatic heterocycles. The number of amides is 1. The summed E-state index contributed by atoms with van der Waals surface area (Å²) in [5.41, 5.74) is 4.23. The van der Waals surface area contributed by atoms with Crippen LogP contribution in [0, 0.1) is 6.92 Å². The Balaban J connectivity index is 1.45. The minimum Gasteiger partial charge on any atom is -0.462 e. The fraction of sp³-hybridized carbons (Fsp3) is 0.121. The van der Waals surface area contributed by atoms with Crippen molar-refractivity contribution >= 4 is 34.4 Å². The number of nitrogens with one attached hydrogen (secondary N) is 1. The average Bonchev–Trinajstić information content (AvgIpc) is 3.25. The number of carbonyl (C=O) groups excluding carboxylic acids is 3. The first-order chi connectivity index (χ1) is 19.5. The molecule has 7 nitrogen and oxygen atoms in total. The van der Waals surface area contributed by atoms with E-state index in [1.165, 1.54) is 0 Å². The van der Waals surface area contributed by atoms with E-state index in [0.717, 1.165) is 22.5 Å². The lowest BCUT2D eigenvalue weighted by molar-refractivity contribution is -0.115. The molecule has 40 heavy (non-hydrogen) atoms. The second kappa shape index (κ2) is 11.7. The highest BCUT2D eigenvalue weighted by Gasteiger charge is 2.23. The lowest BCUT2D eigenvalue weighted by Crippen LogP contribution is -2.18. The summed E-state index contributed by atoms with van der Waals surface area (Å²) >= 11 is 0. The van der Waals surface area contributed by atoms with Crippen LogP contribution in [0.5, 0.6) is 5.75 Å². The Labute approximate surface area is 232 Å². The van der Waals surface area contributed by atoms with Gasteiger partial charge in [-0.05, 0) is 61.9 Å². The number of fused-ring (bicyclic) bond motifs is 1. The number of anilines is 1. The predicted octanol–water partition coefficient (Wildman–Crippen LogP) is 6.52. The Kier molecular flexibility index (Phi) is 7.73. The maximum atomic E-state index is 13.3. The van der Waals surface area contributed by atoms with Gasteiger partial charge in [0.15, 0.2) is 0 Å². The zero-order valence-corrected chi connectivity index (χ0v) is 22.2. The molecule has 0 saturated carbocycles. The number of carbonyl (C=O) groups is 3. The molecule has 0 bridgehead atoms. The molecule has 0 atom stereocenters. The number of hydrogen-bond acceptors (Lipinski definition) is 5. The largest absolute Gasteiger partial charge is 0.462 e. The standard InChI is InChI=1S/C33H28N2O5/c1-3-39-33(38)31-22(2)35(24-14-8-5-9-15-24)29-19-18-25(21-27(29)31)40-32(37)26-16-10-11-17-28(26)34-30(36)20-23-12-6-4-7-13-23/h4-19,21H,3,20H2,1-2H3,(H,34,36). The van der Waals surface area contributed by atoms with Gasteiger partial charge >= 0.3 is 11.9 Å².